The third-order valence-electron chi connectivity index (χ3n) is 24.2. The SMILES string of the molecule is C=C1CCC(N2Cc3cc(CCC(=O)CCCCCCC)ccc3C2=O)C(=O)N1.C=C1CCC(N2Cc3cc(CCC(=O)Cc4ccc(C)c(Cl)c4)ccc3C2=O)C(=O)N1.C=C1CCC(N2Cc3cc(CCC(=O)Cc4ccc(Cl)cc4)ccc3C2=O)C(=O)N1.C=C1CC[C@](C)(N2C(=O)c3cccc(CN(C)C(=O)Nc4cccc(OC)c4)c3C2=O)C(=O)C1. The molecule has 7 aliphatic heterocycles. The van der Waals surface area contributed by atoms with Crippen LogP contribution in [0.5, 0.6) is 5.75 Å². The van der Waals surface area contributed by atoms with Crippen molar-refractivity contribution >= 4 is 105 Å². The lowest BCUT2D eigenvalue weighted by atomic mass is 9.78. The van der Waals surface area contributed by atoms with Gasteiger partial charge in [-0.1, -0.05) is 167 Å². The highest BCUT2D eigenvalue weighted by Crippen LogP contribution is 2.41. The monoisotopic (exact) mass is 1720 g/mol. The Morgan fingerprint density at radius 3 is 1.46 bits per heavy atom. The fourth-order valence-electron chi connectivity index (χ4n) is 17.0. The second kappa shape index (κ2) is 40.9. The largest absolute Gasteiger partial charge is 0.497 e. The van der Waals surface area contributed by atoms with Gasteiger partial charge in [0.05, 0.1) is 18.2 Å². The minimum Gasteiger partial charge on any atom is -0.497 e. The number of rotatable bonds is 27. The lowest BCUT2D eigenvalue weighted by Gasteiger charge is -2.39. The molecule has 10 amide bonds. The smallest absolute Gasteiger partial charge is 0.321 e. The molecule has 15 rings (SSSR count). The first-order valence-corrected chi connectivity index (χ1v) is 43.3. The fourth-order valence-corrected chi connectivity index (χ4v) is 17.3. The molecule has 8 aliphatic rings. The molecule has 646 valence electrons. The van der Waals surface area contributed by atoms with E-state index in [0.717, 1.165) is 73.4 Å². The van der Waals surface area contributed by atoms with Crippen LogP contribution in [0, 0.1) is 6.92 Å². The summed E-state index contributed by atoms with van der Waals surface area (Å²) in [5, 5.41) is 12.4. The summed E-state index contributed by atoms with van der Waals surface area (Å²) >= 11 is 12.0. The average Bonchev–Trinajstić information content (AvgIpc) is 1.57. The third kappa shape index (κ3) is 22.0. The first-order valence-electron chi connectivity index (χ1n) is 42.5. The Morgan fingerprint density at radius 1 is 0.516 bits per heavy atom. The van der Waals surface area contributed by atoms with E-state index in [1.807, 2.05) is 91.9 Å². The van der Waals surface area contributed by atoms with Crippen LogP contribution in [0.3, 0.4) is 0 Å². The molecule has 3 saturated heterocycles. The molecular weight excluding hydrogens is 1610 g/mol. The van der Waals surface area contributed by atoms with Crippen molar-refractivity contribution in [2.75, 3.05) is 19.5 Å². The van der Waals surface area contributed by atoms with E-state index in [0.29, 0.717) is 195 Å². The zero-order chi connectivity index (χ0) is 88.8. The van der Waals surface area contributed by atoms with Gasteiger partial charge in [-0.2, -0.15) is 0 Å². The normalized spacial score (nSPS) is 18.8. The predicted molar refractivity (Wildman–Crippen MR) is 475 cm³/mol. The number of ketones is 4. The van der Waals surface area contributed by atoms with Crippen LogP contribution in [0.15, 0.2) is 189 Å². The van der Waals surface area contributed by atoms with Crippen molar-refractivity contribution in [2.24, 2.45) is 0 Å². The molecule has 7 aromatic carbocycles. The minimum absolute atomic E-state index is 0.0811. The summed E-state index contributed by atoms with van der Waals surface area (Å²) in [7, 11) is 3.15. The number of urea groups is 1. The molecule has 23 nitrogen and oxygen atoms in total. The second-order valence-electron chi connectivity index (χ2n) is 33.5. The number of unbranched alkanes of at least 4 members (excludes halogenated alkanes) is 4. The van der Waals surface area contributed by atoms with E-state index in [1.54, 1.807) is 90.4 Å². The van der Waals surface area contributed by atoms with Gasteiger partial charge in [-0.05, 0) is 201 Å². The number of benzene rings is 7. The molecule has 0 aromatic heterocycles. The summed E-state index contributed by atoms with van der Waals surface area (Å²) in [6.07, 6.45) is 15.5. The Labute approximate surface area is 734 Å². The molecule has 4 atom stereocenters. The number of methoxy groups -OCH3 is 1. The number of nitrogens with one attached hydrogen (secondary N) is 4. The standard InChI is InChI=1S/C26H27N3O5.C25H25ClN2O3.C24H23ClN2O3.C24H32N2O3/c1-16-11-12-26(2,21(30)13-16)29-23(31)20-10-5-7-17(22(20)24(29)32)15-28(3)25(33)27-18-8-6-9-19(14-18)34-4;1-15-3-5-18(13-22(15)26)12-20(29)8-6-17-7-9-21-19(11-17)14-28(25(21)31)23-10-4-16(2)27-24(23)30;1-15-2-11-22(23(29)26-15)27-14-18-12-16(6-10-21(18)24(27)30)5-9-20(28)13-17-3-7-19(25)8-4-17;1-3-4-5-6-7-8-20(27)12-10-18-11-13-21-19(15-18)16-26(24(21)29)22-14-9-17(2)25-23(22)28/h5-10,14H,1,11-13,15H2,2-4H3,(H,27,33);3,5,7,9,11,13,23H,2,4,6,8,10,12,14H2,1H3,(H,27,30);3-4,6-8,10,12,22H,1-2,5,9,11,13-14H2,(H,26,29);11,13,15,22H,2-10,12,14,16H2,1H3,(H,25,28)/t26-;;;/m0.../s1. The van der Waals surface area contributed by atoms with E-state index in [1.165, 1.54) is 24.2 Å². The van der Waals surface area contributed by atoms with Crippen molar-refractivity contribution in [1.29, 1.82) is 0 Å². The van der Waals surface area contributed by atoms with E-state index in [9.17, 15) is 62.3 Å². The van der Waals surface area contributed by atoms with Crippen LogP contribution in [0.25, 0.3) is 0 Å². The maximum absolute atomic E-state index is 13.5. The predicted octanol–water partition coefficient (Wildman–Crippen LogP) is 16.3. The highest BCUT2D eigenvalue weighted by atomic mass is 35.5. The Kier molecular flexibility index (Phi) is 30.0. The Bertz CT molecular complexity index is 5460. The maximum Gasteiger partial charge on any atom is 0.321 e. The summed E-state index contributed by atoms with van der Waals surface area (Å²) < 4.78 is 5.18. The van der Waals surface area contributed by atoms with E-state index in [2.05, 4.69) is 54.5 Å². The first-order chi connectivity index (χ1) is 59.4. The maximum atomic E-state index is 13.5. The molecule has 0 spiro atoms. The highest BCUT2D eigenvalue weighted by Gasteiger charge is 2.52. The Morgan fingerprint density at radius 2 is 0.984 bits per heavy atom. The number of ether oxygens (including phenoxy) is 1. The zero-order valence-corrected chi connectivity index (χ0v) is 72.7. The Balaban J connectivity index is 0.000000151. The van der Waals surface area contributed by atoms with E-state index < -0.39 is 35.5 Å². The van der Waals surface area contributed by atoms with E-state index in [4.69, 9.17) is 27.9 Å². The molecule has 7 aromatic rings. The van der Waals surface area contributed by atoms with E-state index >= 15 is 0 Å². The molecule has 0 bridgehead atoms. The Hall–Kier alpha value is -12.2. The number of nitrogens with zero attached hydrogens (tertiary/aromatic N) is 5. The van der Waals surface area contributed by atoms with Crippen molar-refractivity contribution in [2.45, 2.75) is 218 Å². The number of hydrogen-bond acceptors (Lipinski definition) is 14. The van der Waals surface area contributed by atoms with Crippen LogP contribution in [0.2, 0.25) is 10.0 Å². The van der Waals surface area contributed by atoms with Gasteiger partial charge in [0.1, 0.15) is 46.8 Å². The number of aryl methyl sites for hydroxylation is 4. The number of allylic oxidation sites excluding steroid dienone is 4. The fraction of sp³-hybridized carbons (Fsp3) is 0.364. The van der Waals surface area contributed by atoms with Gasteiger partial charge in [0.25, 0.3) is 29.5 Å². The topological polar surface area (TPSA) is 295 Å². The lowest BCUT2D eigenvalue weighted by Crippen LogP contribution is -2.56. The van der Waals surface area contributed by atoms with Gasteiger partial charge in [0.15, 0.2) is 5.78 Å². The zero-order valence-electron chi connectivity index (χ0n) is 71.1. The lowest BCUT2D eigenvalue weighted by molar-refractivity contribution is -0.129. The van der Waals surface area contributed by atoms with E-state index in [-0.39, 0.29) is 82.9 Å². The van der Waals surface area contributed by atoms with Gasteiger partial charge >= 0.3 is 6.03 Å². The summed E-state index contributed by atoms with van der Waals surface area (Å²) in [5.74, 6) is -0.701. The molecular formula is C99H107Cl2N9O14. The highest BCUT2D eigenvalue weighted by molar-refractivity contribution is 6.31. The first kappa shape index (κ1) is 91.0. The molecule has 3 unspecified atom stereocenters. The minimum atomic E-state index is -1.21. The van der Waals surface area contributed by atoms with Crippen LogP contribution in [0.1, 0.15) is 237 Å². The van der Waals surface area contributed by atoms with Gasteiger partial charge in [0, 0.05) is 134 Å². The second-order valence-corrected chi connectivity index (χ2v) is 34.3. The average molecular weight is 1720 g/mol. The number of Topliss-reactive ketones (excluding diaryl/α,β-unsaturated/α-hetero) is 4. The van der Waals surface area contributed by atoms with Crippen LogP contribution >= 0.6 is 23.2 Å². The number of piperidine rings is 3. The van der Waals surface area contributed by atoms with Crippen LogP contribution < -0.4 is 26.0 Å². The molecule has 7 heterocycles. The summed E-state index contributed by atoms with van der Waals surface area (Å²) in [6.45, 7) is 22.4. The van der Waals surface area contributed by atoms with Crippen molar-refractivity contribution in [3.05, 3.63) is 282 Å². The molecule has 0 radical (unpaired) electrons. The number of fused-ring (bicyclic) bond motifs is 4. The molecule has 1 saturated carbocycles. The molecule has 124 heavy (non-hydrogen) atoms. The quantitative estimate of drug-likeness (QED) is 0.0212. The van der Waals surface area contributed by atoms with Crippen molar-refractivity contribution < 1.29 is 67.1 Å². The van der Waals surface area contributed by atoms with Gasteiger partial charge < -0.3 is 45.6 Å². The van der Waals surface area contributed by atoms with Gasteiger partial charge in [-0.25, -0.2) is 4.79 Å². The number of anilines is 1. The molecule has 25 heteroatoms. The number of halogens is 2. The van der Waals surface area contributed by atoms with Crippen molar-refractivity contribution in [1.82, 2.24) is 40.4 Å². The molecule has 4 N–H and O–H groups in total. The summed E-state index contributed by atoms with van der Waals surface area (Å²) in [5.41, 5.74) is 14.1. The molecule has 4 fully saturated rings. The van der Waals surface area contributed by atoms with Crippen LogP contribution in [-0.4, -0.2) is 139 Å². The van der Waals surface area contributed by atoms with Crippen molar-refractivity contribution in [3.8, 4) is 5.75 Å². The number of carbonyl (C=O) groups is 13. The third-order valence-corrected chi connectivity index (χ3v) is 24.9. The van der Waals surface area contributed by atoms with Gasteiger partial charge in [-0.15, -0.1) is 0 Å². The summed E-state index contributed by atoms with van der Waals surface area (Å²) in [4.78, 5) is 172. The molecule has 1 aliphatic carbocycles. The van der Waals surface area contributed by atoms with Crippen LogP contribution in [0.4, 0.5) is 10.5 Å². The van der Waals surface area contributed by atoms with Gasteiger partial charge in [0.2, 0.25) is 17.7 Å². The van der Waals surface area contributed by atoms with Crippen molar-refractivity contribution in [3.63, 3.8) is 0 Å². The summed E-state index contributed by atoms with van der Waals surface area (Å²) in [6, 6.07) is 40.5. The number of imide groups is 1. The number of amides is 10. The van der Waals surface area contributed by atoms with Gasteiger partial charge in [-0.3, -0.25) is 62.4 Å². The number of hydrogen-bond donors (Lipinski definition) is 4. The number of carbonyl (C=O) groups excluding carboxylic acids is 13. The van der Waals surface area contributed by atoms with Crippen LogP contribution in [-0.2, 0) is 91.8 Å².